The first kappa shape index (κ1) is 16.7. The number of methoxy groups -OCH3 is 1. The molecular formula is C16H30N2O3. The number of carbonyl (C=O) groups is 1. The largest absolute Gasteiger partial charge is 0.468 e. The Morgan fingerprint density at radius 3 is 2.62 bits per heavy atom. The molecule has 1 aliphatic heterocycles. The van der Waals surface area contributed by atoms with E-state index in [9.17, 15) is 4.79 Å². The van der Waals surface area contributed by atoms with E-state index >= 15 is 0 Å². The molecule has 0 amide bonds. The van der Waals surface area contributed by atoms with E-state index in [0.717, 1.165) is 26.0 Å². The van der Waals surface area contributed by atoms with E-state index in [4.69, 9.17) is 9.47 Å². The first-order chi connectivity index (χ1) is 9.89. The number of carbonyl (C=O) groups excluding carboxylic acids is 1. The lowest BCUT2D eigenvalue weighted by atomic mass is 9.90. The van der Waals surface area contributed by atoms with Crippen molar-refractivity contribution in [2.24, 2.45) is 5.92 Å². The fraction of sp³-hybridized carbons (Fsp3) is 0.938. The van der Waals surface area contributed by atoms with Gasteiger partial charge in [0, 0.05) is 25.2 Å². The predicted octanol–water partition coefficient (Wildman–Crippen LogP) is 1.42. The van der Waals surface area contributed by atoms with Crippen LogP contribution in [0, 0.1) is 5.92 Å². The Morgan fingerprint density at radius 1 is 1.43 bits per heavy atom. The Balaban J connectivity index is 2.19. The Bertz CT molecular complexity index is 371. The molecule has 122 valence electrons. The highest BCUT2D eigenvalue weighted by atomic mass is 16.5. The van der Waals surface area contributed by atoms with Crippen molar-refractivity contribution >= 4 is 5.97 Å². The zero-order valence-corrected chi connectivity index (χ0v) is 14.0. The molecule has 0 aromatic heterocycles. The number of hydrogen-bond acceptors (Lipinski definition) is 5. The van der Waals surface area contributed by atoms with Gasteiger partial charge >= 0.3 is 5.97 Å². The number of esters is 1. The highest BCUT2D eigenvalue weighted by Crippen LogP contribution is 2.41. The Hall–Kier alpha value is -0.650. The summed E-state index contributed by atoms with van der Waals surface area (Å²) < 4.78 is 10.9. The van der Waals surface area contributed by atoms with Gasteiger partial charge in [0.1, 0.15) is 5.54 Å². The van der Waals surface area contributed by atoms with Gasteiger partial charge in [0.2, 0.25) is 0 Å². The van der Waals surface area contributed by atoms with Crippen LogP contribution in [-0.2, 0) is 14.3 Å². The van der Waals surface area contributed by atoms with Gasteiger partial charge in [0.15, 0.2) is 0 Å². The maximum atomic E-state index is 12.6. The molecule has 3 atom stereocenters. The van der Waals surface area contributed by atoms with Crippen LogP contribution in [0.3, 0.4) is 0 Å². The van der Waals surface area contributed by atoms with Gasteiger partial charge in [-0.25, -0.2) is 4.79 Å². The van der Waals surface area contributed by atoms with Crippen LogP contribution in [0.15, 0.2) is 0 Å². The van der Waals surface area contributed by atoms with E-state index in [1.807, 2.05) is 0 Å². The van der Waals surface area contributed by atoms with Crippen LogP contribution in [0.25, 0.3) is 0 Å². The van der Waals surface area contributed by atoms with E-state index in [1.54, 1.807) is 0 Å². The number of morpholine rings is 1. The summed E-state index contributed by atoms with van der Waals surface area (Å²) >= 11 is 0. The van der Waals surface area contributed by atoms with Crippen LogP contribution in [0.5, 0.6) is 0 Å². The Kier molecular flexibility index (Phi) is 5.28. The number of nitrogens with one attached hydrogen (secondary N) is 1. The molecule has 0 bridgehead atoms. The minimum atomic E-state index is -0.575. The monoisotopic (exact) mass is 298 g/mol. The molecule has 1 saturated heterocycles. The van der Waals surface area contributed by atoms with Crippen LogP contribution in [-0.4, -0.2) is 61.4 Å². The summed E-state index contributed by atoms with van der Waals surface area (Å²) in [7, 11) is 1.49. The standard InChI is InChI=1S/C16H30N2O3/c1-11(2)17-16(14-6-7-14,15(19)20-5)10-18-8-13(4)21-9-12(18)3/h11-14,17H,6-10H2,1-5H3. The quantitative estimate of drug-likeness (QED) is 0.752. The molecule has 0 aromatic carbocycles. The van der Waals surface area contributed by atoms with E-state index in [0.29, 0.717) is 18.5 Å². The second kappa shape index (κ2) is 6.63. The summed E-state index contributed by atoms with van der Waals surface area (Å²) in [5.41, 5.74) is -0.575. The first-order valence-corrected chi connectivity index (χ1v) is 8.10. The predicted molar refractivity (Wildman–Crippen MR) is 82.2 cm³/mol. The van der Waals surface area contributed by atoms with Gasteiger partial charge in [-0.1, -0.05) is 0 Å². The minimum Gasteiger partial charge on any atom is -0.468 e. The molecule has 0 spiro atoms. The van der Waals surface area contributed by atoms with Gasteiger partial charge in [0.05, 0.1) is 19.8 Å². The van der Waals surface area contributed by atoms with Crippen molar-refractivity contribution < 1.29 is 14.3 Å². The van der Waals surface area contributed by atoms with E-state index in [1.165, 1.54) is 7.11 Å². The van der Waals surface area contributed by atoms with Gasteiger partial charge in [-0.2, -0.15) is 0 Å². The third-order valence-electron chi connectivity index (χ3n) is 4.56. The van der Waals surface area contributed by atoms with Crippen molar-refractivity contribution in [3.05, 3.63) is 0 Å². The maximum absolute atomic E-state index is 12.6. The summed E-state index contributed by atoms with van der Waals surface area (Å²) in [6.07, 6.45) is 2.42. The molecule has 3 unspecified atom stereocenters. The number of rotatable bonds is 6. The summed E-state index contributed by atoms with van der Waals surface area (Å²) in [6, 6.07) is 0.580. The van der Waals surface area contributed by atoms with Gasteiger partial charge in [-0.3, -0.25) is 10.2 Å². The van der Waals surface area contributed by atoms with Crippen molar-refractivity contribution in [1.29, 1.82) is 0 Å². The number of nitrogens with zero attached hydrogens (tertiary/aromatic N) is 1. The second-order valence-corrected chi connectivity index (χ2v) is 6.96. The van der Waals surface area contributed by atoms with Gasteiger partial charge in [0.25, 0.3) is 0 Å². The van der Waals surface area contributed by atoms with Gasteiger partial charge < -0.3 is 9.47 Å². The molecule has 1 saturated carbocycles. The zero-order chi connectivity index (χ0) is 15.6. The third-order valence-corrected chi connectivity index (χ3v) is 4.56. The average Bonchev–Trinajstić information content (AvgIpc) is 3.25. The lowest BCUT2D eigenvalue weighted by Crippen LogP contribution is -2.65. The van der Waals surface area contributed by atoms with Crippen LogP contribution in [0.2, 0.25) is 0 Å². The third kappa shape index (κ3) is 3.76. The zero-order valence-electron chi connectivity index (χ0n) is 14.0. The van der Waals surface area contributed by atoms with Crippen molar-refractivity contribution in [3.8, 4) is 0 Å². The molecule has 2 aliphatic rings. The van der Waals surface area contributed by atoms with E-state index < -0.39 is 5.54 Å². The van der Waals surface area contributed by atoms with Crippen molar-refractivity contribution in [2.45, 2.75) is 64.3 Å². The molecular weight excluding hydrogens is 268 g/mol. The van der Waals surface area contributed by atoms with Crippen LogP contribution in [0.4, 0.5) is 0 Å². The fourth-order valence-corrected chi connectivity index (χ4v) is 3.37. The van der Waals surface area contributed by atoms with Crippen molar-refractivity contribution in [1.82, 2.24) is 10.2 Å². The summed E-state index contributed by atoms with van der Waals surface area (Å²) in [5.74, 6) is 0.266. The fourth-order valence-electron chi connectivity index (χ4n) is 3.37. The van der Waals surface area contributed by atoms with Crippen molar-refractivity contribution in [2.75, 3.05) is 26.8 Å². The molecule has 5 nitrogen and oxygen atoms in total. The summed E-state index contributed by atoms with van der Waals surface area (Å²) in [6.45, 7) is 10.7. The molecule has 2 fully saturated rings. The lowest BCUT2D eigenvalue weighted by Gasteiger charge is -2.43. The molecule has 1 N–H and O–H groups in total. The summed E-state index contributed by atoms with van der Waals surface area (Å²) in [5, 5.41) is 3.53. The smallest absolute Gasteiger partial charge is 0.327 e. The molecule has 0 radical (unpaired) electrons. The Labute approximate surface area is 128 Å². The summed E-state index contributed by atoms with van der Waals surface area (Å²) in [4.78, 5) is 14.9. The molecule has 21 heavy (non-hydrogen) atoms. The van der Waals surface area contributed by atoms with Crippen molar-refractivity contribution in [3.63, 3.8) is 0 Å². The Morgan fingerprint density at radius 2 is 2.10 bits per heavy atom. The average molecular weight is 298 g/mol. The van der Waals surface area contributed by atoms with E-state index in [2.05, 4.69) is 37.9 Å². The van der Waals surface area contributed by atoms with Crippen LogP contribution < -0.4 is 5.32 Å². The lowest BCUT2D eigenvalue weighted by molar-refractivity contribution is -0.153. The second-order valence-electron chi connectivity index (χ2n) is 6.96. The number of ether oxygens (including phenoxy) is 2. The van der Waals surface area contributed by atoms with Gasteiger partial charge in [-0.15, -0.1) is 0 Å². The highest BCUT2D eigenvalue weighted by molar-refractivity contribution is 5.82. The molecule has 1 heterocycles. The van der Waals surface area contributed by atoms with E-state index in [-0.39, 0.29) is 18.1 Å². The first-order valence-electron chi connectivity index (χ1n) is 8.10. The SMILES string of the molecule is COC(=O)C(CN1CC(C)OCC1C)(NC(C)C)C1CC1. The van der Waals surface area contributed by atoms with Crippen LogP contribution in [0.1, 0.15) is 40.5 Å². The van der Waals surface area contributed by atoms with Gasteiger partial charge in [-0.05, 0) is 46.5 Å². The number of hydrogen-bond donors (Lipinski definition) is 1. The molecule has 2 rings (SSSR count). The van der Waals surface area contributed by atoms with Crippen LogP contribution >= 0.6 is 0 Å². The molecule has 5 heteroatoms. The molecule has 1 aliphatic carbocycles. The molecule has 0 aromatic rings. The minimum absolute atomic E-state index is 0.120. The topological polar surface area (TPSA) is 50.8 Å². The highest BCUT2D eigenvalue weighted by Gasteiger charge is 2.53. The maximum Gasteiger partial charge on any atom is 0.327 e. The normalized spacial score (nSPS) is 30.2.